The van der Waals surface area contributed by atoms with Gasteiger partial charge in [-0.2, -0.15) is 0 Å². The molecule has 0 saturated heterocycles. The van der Waals surface area contributed by atoms with Gasteiger partial charge < -0.3 is 14.5 Å². The summed E-state index contributed by atoms with van der Waals surface area (Å²) in [4.78, 5) is 15.5. The summed E-state index contributed by atoms with van der Waals surface area (Å²) in [5.74, 6) is -1.32. The van der Waals surface area contributed by atoms with E-state index in [2.05, 4.69) is 40.7 Å². The lowest BCUT2D eigenvalue weighted by Crippen LogP contribution is -2.22. The average Bonchev–Trinajstić information content (AvgIpc) is 2.87. The third kappa shape index (κ3) is 3.55. The molecule has 1 heterocycles. The van der Waals surface area contributed by atoms with Gasteiger partial charge in [-0.15, -0.1) is 0 Å². The number of hydrogen-bond acceptors (Lipinski definition) is 3. The summed E-state index contributed by atoms with van der Waals surface area (Å²) < 4.78 is 2.17. The highest BCUT2D eigenvalue weighted by atomic mass is 35.5. The van der Waals surface area contributed by atoms with Crippen molar-refractivity contribution in [3.63, 3.8) is 0 Å². The third-order valence-electron chi connectivity index (χ3n) is 4.25. The number of aliphatic imine (C=N–C) groups is 1. The molecular formula is C21H18ClN2O2-. The van der Waals surface area contributed by atoms with Crippen molar-refractivity contribution in [1.29, 1.82) is 0 Å². The number of carbonyl (C=O) groups excluding carboxylic acids is 1. The summed E-state index contributed by atoms with van der Waals surface area (Å²) in [5.41, 5.74) is 5.87. The monoisotopic (exact) mass is 365 g/mol. The van der Waals surface area contributed by atoms with Crippen molar-refractivity contribution in [2.45, 2.75) is 20.8 Å². The van der Waals surface area contributed by atoms with Crippen LogP contribution >= 0.6 is 11.6 Å². The molecule has 0 aliphatic carbocycles. The highest BCUT2D eigenvalue weighted by Crippen LogP contribution is 2.24. The molecule has 0 amide bonds. The lowest BCUT2D eigenvalue weighted by atomic mass is 10.2. The molecular weight excluding hydrogens is 348 g/mol. The maximum Gasteiger partial charge on any atom is 0.0731 e. The Morgan fingerprint density at radius 2 is 1.88 bits per heavy atom. The normalized spacial score (nSPS) is 11.2. The van der Waals surface area contributed by atoms with Gasteiger partial charge in [0.2, 0.25) is 0 Å². The van der Waals surface area contributed by atoms with Crippen molar-refractivity contribution in [2.24, 2.45) is 4.99 Å². The molecule has 0 aliphatic rings. The average molecular weight is 366 g/mol. The minimum atomic E-state index is -1.32. The highest BCUT2D eigenvalue weighted by molar-refractivity contribution is 6.33. The number of rotatable bonds is 4. The van der Waals surface area contributed by atoms with Crippen molar-refractivity contribution in [1.82, 2.24) is 4.57 Å². The second kappa shape index (κ2) is 7.18. The SMILES string of the molecule is Cc1cccc(-n2c(C)cc(C=Nc3ccc(Cl)c(C(=O)[O-])c3)c2C)c1. The molecule has 3 rings (SSSR count). The molecule has 0 aliphatic heterocycles. The summed E-state index contributed by atoms with van der Waals surface area (Å²) in [7, 11) is 0. The number of aryl methyl sites for hydroxylation is 2. The van der Waals surface area contributed by atoms with Crippen LogP contribution in [-0.2, 0) is 0 Å². The van der Waals surface area contributed by atoms with E-state index in [0.29, 0.717) is 5.69 Å². The number of aromatic carboxylic acids is 1. The zero-order chi connectivity index (χ0) is 18.8. The third-order valence-corrected chi connectivity index (χ3v) is 4.58. The Balaban J connectivity index is 1.97. The van der Waals surface area contributed by atoms with E-state index in [1.165, 1.54) is 17.7 Å². The van der Waals surface area contributed by atoms with Crippen LogP contribution in [0.25, 0.3) is 5.69 Å². The second-order valence-electron chi connectivity index (χ2n) is 6.21. The molecule has 26 heavy (non-hydrogen) atoms. The number of hydrogen-bond donors (Lipinski definition) is 0. The Labute approximate surface area is 157 Å². The number of carbonyl (C=O) groups is 1. The molecule has 0 radical (unpaired) electrons. The Kier molecular flexibility index (Phi) is 4.96. The molecule has 0 fully saturated rings. The molecule has 1 aromatic heterocycles. The summed E-state index contributed by atoms with van der Waals surface area (Å²) in [5, 5.41) is 11.2. The Bertz CT molecular complexity index is 1020. The summed E-state index contributed by atoms with van der Waals surface area (Å²) >= 11 is 5.86. The van der Waals surface area contributed by atoms with Gasteiger partial charge in [-0.25, -0.2) is 0 Å². The van der Waals surface area contributed by atoms with Crippen LogP contribution in [0.4, 0.5) is 5.69 Å². The van der Waals surface area contributed by atoms with Crippen LogP contribution in [0.15, 0.2) is 53.5 Å². The topological polar surface area (TPSA) is 57.4 Å². The fraction of sp³-hybridized carbons (Fsp3) is 0.143. The highest BCUT2D eigenvalue weighted by Gasteiger charge is 2.09. The van der Waals surface area contributed by atoms with Crippen LogP contribution in [0, 0.1) is 20.8 Å². The van der Waals surface area contributed by atoms with E-state index in [4.69, 9.17) is 11.6 Å². The molecule has 132 valence electrons. The largest absolute Gasteiger partial charge is 0.545 e. The van der Waals surface area contributed by atoms with Gasteiger partial charge in [0.15, 0.2) is 0 Å². The number of aromatic nitrogens is 1. The summed E-state index contributed by atoms with van der Waals surface area (Å²) in [6.07, 6.45) is 1.73. The van der Waals surface area contributed by atoms with Crippen LogP contribution in [0.5, 0.6) is 0 Å². The fourth-order valence-corrected chi connectivity index (χ4v) is 3.17. The first-order valence-electron chi connectivity index (χ1n) is 8.18. The van der Waals surface area contributed by atoms with Crippen LogP contribution in [-0.4, -0.2) is 16.8 Å². The molecule has 0 bridgehead atoms. The van der Waals surface area contributed by atoms with Crippen LogP contribution < -0.4 is 5.11 Å². The van der Waals surface area contributed by atoms with Crippen molar-refractivity contribution >= 4 is 29.5 Å². The number of benzene rings is 2. The van der Waals surface area contributed by atoms with Crippen molar-refractivity contribution in [3.05, 3.63) is 81.6 Å². The standard InChI is InChI=1S/C21H19ClN2O2/c1-13-5-4-6-18(9-13)24-14(2)10-16(15(24)3)12-23-17-7-8-20(22)19(11-17)21(25)26/h4-12H,1-3H3,(H,25,26)/p-1. The first-order chi connectivity index (χ1) is 12.4. The molecule has 5 heteroatoms. The molecule has 0 N–H and O–H groups in total. The van der Waals surface area contributed by atoms with Crippen LogP contribution in [0.2, 0.25) is 5.02 Å². The van der Waals surface area contributed by atoms with E-state index in [-0.39, 0.29) is 10.6 Å². The fourth-order valence-electron chi connectivity index (χ4n) is 2.98. The smallest absolute Gasteiger partial charge is 0.0731 e. The Morgan fingerprint density at radius 3 is 2.58 bits per heavy atom. The number of carboxylic acids is 1. The lowest BCUT2D eigenvalue weighted by Gasteiger charge is -2.10. The van der Waals surface area contributed by atoms with Crippen molar-refractivity contribution < 1.29 is 9.90 Å². The molecule has 4 nitrogen and oxygen atoms in total. The van der Waals surface area contributed by atoms with E-state index in [1.54, 1.807) is 12.3 Å². The molecule has 0 spiro atoms. The maximum atomic E-state index is 11.1. The van der Waals surface area contributed by atoms with Crippen molar-refractivity contribution in [2.75, 3.05) is 0 Å². The van der Waals surface area contributed by atoms with Gasteiger partial charge in [-0.05, 0) is 62.7 Å². The number of nitrogens with zero attached hydrogens (tertiary/aromatic N) is 2. The van der Waals surface area contributed by atoms with Crippen LogP contribution in [0.1, 0.15) is 32.9 Å². The van der Waals surface area contributed by atoms with Gasteiger partial charge in [0.25, 0.3) is 0 Å². The van der Waals surface area contributed by atoms with Gasteiger partial charge in [0.1, 0.15) is 0 Å². The molecule has 0 saturated carbocycles. The van der Waals surface area contributed by atoms with Gasteiger partial charge in [-0.3, -0.25) is 4.99 Å². The predicted octanol–water partition coefficient (Wildman–Crippen LogP) is 4.17. The van der Waals surface area contributed by atoms with E-state index >= 15 is 0 Å². The van der Waals surface area contributed by atoms with E-state index < -0.39 is 5.97 Å². The molecule has 2 aromatic carbocycles. The lowest BCUT2D eigenvalue weighted by molar-refractivity contribution is -0.255. The quantitative estimate of drug-likeness (QED) is 0.651. The zero-order valence-corrected chi connectivity index (χ0v) is 15.5. The number of halogens is 1. The first kappa shape index (κ1) is 18.0. The predicted molar refractivity (Wildman–Crippen MR) is 103 cm³/mol. The van der Waals surface area contributed by atoms with E-state index in [9.17, 15) is 9.90 Å². The minimum absolute atomic E-state index is 0.0634. The Morgan fingerprint density at radius 1 is 1.12 bits per heavy atom. The first-order valence-corrected chi connectivity index (χ1v) is 8.55. The zero-order valence-electron chi connectivity index (χ0n) is 14.8. The number of carboxylic acid groups (broad SMARTS) is 1. The van der Waals surface area contributed by atoms with Gasteiger partial charge >= 0.3 is 0 Å². The van der Waals surface area contributed by atoms with E-state index in [0.717, 1.165) is 22.6 Å². The summed E-state index contributed by atoms with van der Waals surface area (Å²) in [6, 6.07) is 14.9. The molecule has 0 unspecified atom stereocenters. The van der Waals surface area contributed by atoms with Gasteiger partial charge in [0.05, 0.1) is 11.7 Å². The second-order valence-corrected chi connectivity index (χ2v) is 6.62. The van der Waals surface area contributed by atoms with Gasteiger partial charge in [-0.1, -0.05) is 23.7 Å². The summed E-state index contributed by atoms with van der Waals surface area (Å²) in [6.45, 7) is 6.14. The van der Waals surface area contributed by atoms with E-state index in [1.807, 2.05) is 19.9 Å². The maximum absolute atomic E-state index is 11.1. The molecule has 3 aromatic rings. The van der Waals surface area contributed by atoms with Crippen LogP contribution in [0.3, 0.4) is 0 Å². The minimum Gasteiger partial charge on any atom is -0.545 e. The molecule has 0 atom stereocenters. The van der Waals surface area contributed by atoms with Gasteiger partial charge in [0, 0.05) is 39.4 Å². The Hall–Kier alpha value is -2.85. The van der Waals surface area contributed by atoms with Crippen molar-refractivity contribution in [3.8, 4) is 5.69 Å².